The van der Waals surface area contributed by atoms with Gasteiger partial charge < -0.3 is 19.1 Å². The molecule has 3 aromatic rings. The number of aromatic nitrogens is 1. The SMILES string of the molecule is COc1ccc(C(=O)N2CCN(C(=O)CCn3ccc4ccccc43)CC2)cc1. The average Bonchev–Trinajstić information content (AvgIpc) is 3.20. The number of benzene rings is 2. The van der Waals surface area contributed by atoms with Crippen molar-refractivity contribution in [3.8, 4) is 5.75 Å². The molecule has 1 fully saturated rings. The van der Waals surface area contributed by atoms with Gasteiger partial charge >= 0.3 is 0 Å². The van der Waals surface area contributed by atoms with Crippen LogP contribution in [0.2, 0.25) is 0 Å². The van der Waals surface area contributed by atoms with Gasteiger partial charge in [-0.2, -0.15) is 0 Å². The molecule has 0 saturated carbocycles. The van der Waals surface area contributed by atoms with Crippen LogP contribution < -0.4 is 4.74 Å². The van der Waals surface area contributed by atoms with E-state index in [-0.39, 0.29) is 11.8 Å². The smallest absolute Gasteiger partial charge is 0.253 e. The molecule has 0 spiro atoms. The second-order valence-corrected chi connectivity index (χ2v) is 7.22. The van der Waals surface area contributed by atoms with Crippen LogP contribution in [0, 0.1) is 0 Å². The summed E-state index contributed by atoms with van der Waals surface area (Å²) in [6, 6.07) is 17.4. The molecule has 2 heterocycles. The van der Waals surface area contributed by atoms with Crippen LogP contribution >= 0.6 is 0 Å². The number of amides is 2. The van der Waals surface area contributed by atoms with Crippen molar-refractivity contribution < 1.29 is 14.3 Å². The molecule has 29 heavy (non-hydrogen) atoms. The first kappa shape index (κ1) is 19.1. The third-order valence-electron chi connectivity index (χ3n) is 5.50. The van der Waals surface area contributed by atoms with Gasteiger partial charge in [0.2, 0.25) is 5.91 Å². The van der Waals surface area contributed by atoms with Gasteiger partial charge in [-0.25, -0.2) is 0 Å². The molecule has 0 atom stereocenters. The first-order chi connectivity index (χ1) is 14.2. The van der Waals surface area contributed by atoms with E-state index in [9.17, 15) is 9.59 Å². The van der Waals surface area contributed by atoms with Gasteiger partial charge in [-0.3, -0.25) is 9.59 Å². The van der Waals surface area contributed by atoms with Crippen molar-refractivity contribution in [1.82, 2.24) is 14.4 Å². The van der Waals surface area contributed by atoms with Gasteiger partial charge in [-0.05, 0) is 41.8 Å². The molecule has 6 nitrogen and oxygen atoms in total. The molecule has 4 rings (SSSR count). The van der Waals surface area contributed by atoms with E-state index in [2.05, 4.69) is 22.8 Å². The quantitative estimate of drug-likeness (QED) is 0.672. The molecule has 2 amide bonds. The Kier molecular flexibility index (Phi) is 5.51. The molecular formula is C23H25N3O3. The van der Waals surface area contributed by atoms with E-state index in [4.69, 9.17) is 4.74 Å². The Bertz CT molecular complexity index is 1000. The molecule has 0 radical (unpaired) electrons. The normalized spacial score (nSPS) is 14.2. The number of fused-ring (bicyclic) bond motifs is 1. The van der Waals surface area contributed by atoms with E-state index in [1.54, 1.807) is 31.4 Å². The van der Waals surface area contributed by atoms with Crippen molar-refractivity contribution in [2.75, 3.05) is 33.3 Å². The highest BCUT2D eigenvalue weighted by atomic mass is 16.5. The van der Waals surface area contributed by atoms with Crippen LogP contribution in [0.15, 0.2) is 60.8 Å². The highest BCUT2D eigenvalue weighted by Crippen LogP contribution is 2.17. The number of carbonyl (C=O) groups excluding carboxylic acids is 2. The fraction of sp³-hybridized carbons (Fsp3) is 0.304. The first-order valence-corrected chi connectivity index (χ1v) is 9.91. The lowest BCUT2D eigenvalue weighted by Gasteiger charge is -2.35. The fourth-order valence-corrected chi connectivity index (χ4v) is 3.78. The minimum atomic E-state index is -0.00133. The van der Waals surface area contributed by atoms with E-state index in [1.165, 1.54) is 5.39 Å². The monoisotopic (exact) mass is 391 g/mol. The van der Waals surface area contributed by atoms with Crippen LogP contribution in [0.3, 0.4) is 0 Å². The minimum Gasteiger partial charge on any atom is -0.497 e. The molecule has 6 heteroatoms. The summed E-state index contributed by atoms with van der Waals surface area (Å²) in [5, 5.41) is 1.19. The molecule has 1 saturated heterocycles. The van der Waals surface area contributed by atoms with Crippen LogP contribution in [0.1, 0.15) is 16.8 Å². The molecule has 1 aliphatic heterocycles. The molecule has 1 aliphatic rings. The number of rotatable bonds is 5. The molecule has 150 valence electrons. The molecule has 2 aromatic carbocycles. The zero-order valence-corrected chi connectivity index (χ0v) is 16.6. The van der Waals surface area contributed by atoms with Gasteiger partial charge in [-0.1, -0.05) is 18.2 Å². The summed E-state index contributed by atoms with van der Waals surface area (Å²) in [5.41, 5.74) is 1.79. The van der Waals surface area contributed by atoms with Gasteiger partial charge in [0, 0.05) is 56.4 Å². The lowest BCUT2D eigenvalue weighted by atomic mass is 10.1. The highest BCUT2D eigenvalue weighted by Gasteiger charge is 2.24. The van der Waals surface area contributed by atoms with Gasteiger partial charge in [0.05, 0.1) is 7.11 Å². The number of hydrogen-bond acceptors (Lipinski definition) is 3. The van der Waals surface area contributed by atoms with Crippen LogP contribution in [0.5, 0.6) is 5.75 Å². The summed E-state index contributed by atoms with van der Waals surface area (Å²) in [6.45, 7) is 2.93. The zero-order valence-electron chi connectivity index (χ0n) is 16.6. The summed E-state index contributed by atoms with van der Waals surface area (Å²) in [6.07, 6.45) is 2.49. The molecular weight excluding hydrogens is 366 g/mol. The van der Waals surface area contributed by atoms with E-state index >= 15 is 0 Å². The number of para-hydroxylation sites is 1. The number of nitrogens with zero attached hydrogens (tertiary/aromatic N) is 3. The first-order valence-electron chi connectivity index (χ1n) is 9.91. The maximum absolute atomic E-state index is 12.7. The second-order valence-electron chi connectivity index (χ2n) is 7.22. The van der Waals surface area contributed by atoms with Crippen molar-refractivity contribution >= 4 is 22.7 Å². The number of hydrogen-bond donors (Lipinski definition) is 0. The molecule has 0 aliphatic carbocycles. The second kappa shape index (κ2) is 8.39. The van der Waals surface area contributed by atoms with E-state index in [0.29, 0.717) is 44.7 Å². The molecule has 0 unspecified atom stereocenters. The number of ether oxygens (including phenoxy) is 1. The van der Waals surface area contributed by atoms with Crippen molar-refractivity contribution in [2.45, 2.75) is 13.0 Å². The third kappa shape index (κ3) is 4.11. The van der Waals surface area contributed by atoms with Gasteiger partial charge in [0.15, 0.2) is 0 Å². The van der Waals surface area contributed by atoms with Crippen LogP contribution in [0.25, 0.3) is 10.9 Å². The largest absolute Gasteiger partial charge is 0.497 e. The highest BCUT2D eigenvalue weighted by molar-refractivity contribution is 5.94. The Balaban J connectivity index is 1.29. The standard InChI is InChI=1S/C23H25N3O3/c1-29-20-8-6-19(7-9-20)23(28)26-16-14-25(15-17-26)22(27)11-13-24-12-10-18-4-2-3-5-21(18)24/h2-10,12H,11,13-17H2,1H3. The lowest BCUT2D eigenvalue weighted by molar-refractivity contribution is -0.132. The number of carbonyl (C=O) groups is 2. The van der Waals surface area contributed by atoms with Crippen molar-refractivity contribution in [3.63, 3.8) is 0 Å². The van der Waals surface area contributed by atoms with E-state index < -0.39 is 0 Å². The van der Waals surface area contributed by atoms with Crippen LogP contribution in [0.4, 0.5) is 0 Å². The summed E-state index contributed by atoms with van der Waals surface area (Å²) < 4.78 is 7.26. The lowest BCUT2D eigenvalue weighted by Crippen LogP contribution is -2.50. The van der Waals surface area contributed by atoms with Gasteiger partial charge in [0.1, 0.15) is 5.75 Å². The van der Waals surface area contributed by atoms with Gasteiger partial charge in [0.25, 0.3) is 5.91 Å². The Hall–Kier alpha value is -3.28. The fourth-order valence-electron chi connectivity index (χ4n) is 3.78. The number of methoxy groups -OCH3 is 1. The van der Waals surface area contributed by atoms with Crippen LogP contribution in [-0.4, -0.2) is 59.5 Å². The minimum absolute atomic E-state index is 0.00133. The Morgan fingerprint density at radius 3 is 2.31 bits per heavy atom. The average molecular weight is 391 g/mol. The predicted molar refractivity (Wildman–Crippen MR) is 112 cm³/mol. The van der Waals surface area contributed by atoms with E-state index in [0.717, 1.165) is 11.3 Å². The van der Waals surface area contributed by atoms with E-state index in [1.807, 2.05) is 28.1 Å². The van der Waals surface area contributed by atoms with Gasteiger partial charge in [-0.15, -0.1) is 0 Å². The molecule has 1 aromatic heterocycles. The summed E-state index contributed by atoms with van der Waals surface area (Å²) in [7, 11) is 1.60. The van der Waals surface area contributed by atoms with Crippen molar-refractivity contribution in [3.05, 3.63) is 66.4 Å². The number of aryl methyl sites for hydroxylation is 1. The third-order valence-corrected chi connectivity index (χ3v) is 5.50. The Morgan fingerprint density at radius 2 is 1.59 bits per heavy atom. The summed E-state index contributed by atoms with van der Waals surface area (Å²) in [5.74, 6) is 0.866. The van der Waals surface area contributed by atoms with Crippen molar-refractivity contribution in [2.24, 2.45) is 0 Å². The van der Waals surface area contributed by atoms with Crippen LogP contribution in [-0.2, 0) is 11.3 Å². The number of piperazine rings is 1. The molecule has 0 bridgehead atoms. The maximum atomic E-state index is 12.7. The Morgan fingerprint density at radius 1 is 0.897 bits per heavy atom. The topological polar surface area (TPSA) is 54.8 Å². The predicted octanol–water partition coefficient (Wildman–Crippen LogP) is 3.02. The molecule has 0 N–H and O–H groups in total. The zero-order chi connectivity index (χ0) is 20.2. The maximum Gasteiger partial charge on any atom is 0.253 e. The Labute approximate surface area is 170 Å². The summed E-state index contributed by atoms with van der Waals surface area (Å²) in [4.78, 5) is 29.0. The van der Waals surface area contributed by atoms with Crippen molar-refractivity contribution in [1.29, 1.82) is 0 Å². The summed E-state index contributed by atoms with van der Waals surface area (Å²) >= 11 is 0.